The van der Waals surface area contributed by atoms with E-state index in [9.17, 15) is 4.39 Å². The van der Waals surface area contributed by atoms with Crippen LogP contribution in [0, 0.1) is 5.82 Å². The fourth-order valence-corrected chi connectivity index (χ4v) is 2.56. The first kappa shape index (κ1) is 11.9. The van der Waals surface area contributed by atoms with Gasteiger partial charge in [-0.1, -0.05) is 6.07 Å². The second kappa shape index (κ2) is 4.21. The Hall–Kier alpha value is -1.13. The Kier molecular flexibility index (Phi) is 2.79. The maximum atomic E-state index is 13.6. The highest BCUT2D eigenvalue weighted by Gasteiger charge is 2.39. The summed E-state index contributed by atoms with van der Waals surface area (Å²) in [7, 11) is 0. The number of rotatable bonds is 1. The molecule has 98 valence electrons. The third-order valence-corrected chi connectivity index (χ3v) is 3.48. The molecule has 0 aromatic heterocycles. The standard InChI is InChI=1S/C14H17FO3/c1-14(2)16-8-13(18-14)12-7-6-9-10(15)4-3-5-11(9)17-12/h3-5,12-13H,6-8H2,1-2H3/t12-,13+/m1/s1. The van der Waals surface area contributed by atoms with Crippen LogP contribution in [0.1, 0.15) is 25.8 Å². The average Bonchev–Trinajstić information content (AvgIpc) is 2.70. The van der Waals surface area contributed by atoms with Crippen molar-refractivity contribution < 1.29 is 18.6 Å². The Bertz CT molecular complexity index is 458. The summed E-state index contributed by atoms with van der Waals surface area (Å²) in [6.45, 7) is 4.31. The zero-order valence-corrected chi connectivity index (χ0v) is 10.6. The summed E-state index contributed by atoms with van der Waals surface area (Å²) in [5, 5.41) is 0. The van der Waals surface area contributed by atoms with E-state index >= 15 is 0 Å². The van der Waals surface area contributed by atoms with Gasteiger partial charge in [-0.3, -0.25) is 0 Å². The quantitative estimate of drug-likeness (QED) is 0.769. The Balaban J connectivity index is 1.76. The summed E-state index contributed by atoms with van der Waals surface area (Å²) in [6, 6.07) is 4.96. The smallest absolute Gasteiger partial charge is 0.163 e. The zero-order chi connectivity index (χ0) is 12.8. The van der Waals surface area contributed by atoms with Crippen LogP contribution in [-0.4, -0.2) is 24.6 Å². The van der Waals surface area contributed by atoms with Gasteiger partial charge in [0.25, 0.3) is 0 Å². The highest BCUT2D eigenvalue weighted by Crippen LogP contribution is 2.34. The average molecular weight is 252 g/mol. The van der Waals surface area contributed by atoms with E-state index in [-0.39, 0.29) is 18.0 Å². The van der Waals surface area contributed by atoms with Crippen LogP contribution >= 0.6 is 0 Å². The number of benzene rings is 1. The van der Waals surface area contributed by atoms with Crippen molar-refractivity contribution >= 4 is 0 Å². The highest BCUT2D eigenvalue weighted by molar-refractivity contribution is 5.36. The molecule has 1 saturated heterocycles. The number of hydrogen-bond acceptors (Lipinski definition) is 3. The van der Waals surface area contributed by atoms with Crippen molar-refractivity contribution in [2.45, 2.75) is 44.7 Å². The molecule has 2 aliphatic rings. The number of fused-ring (bicyclic) bond motifs is 1. The molecule has 2 atom stereocenters. The van der Waals surface area contributed by atoms with Crippen molar-refractivity contribution in [1.82, 2.24) is 0 Å². The summed E-state index contributed by atoms with van der Waals surface area (Å²) >= 11 is 0. The van der Waals surface area contributed by atoms with Crippen LogP contribution in [0.3, 0.4) is 0 Å². The Morgan fingerprint density at radius 1 is 1.28 bits per heavy atom. The number of ether oxygens (including phenoxy) is 3. The molecule has 1 fully saturated rings. The van der Waals surface area contributed by atoms with Gasteiger partial charge in [0.2, 0.25) is 0 Å². The molecule has 1 aromatic rings. The van der Waals surface area contributed by atoms with Gasteiger partial charge < -0.3 is 14.2 Å². The molecule has 0 unspecified atom stereocenters. The maximum Gasteiger partial charge on any atom is 0.163 e. The van der Waals surface area contributed by atoms with Crippen molar-refractivity contribution in [2.75, 3.05) is 6.61 Å². The molecule has 0 saturated carbocycles. The fourth-order valence-electron chi connectivity index (χ4n) is 2.56. The van der Waals surface area contributed by atoms with Gasteiger partial charge in [0.15, 0.2) is 5.79 Å². The molecule has 3 nitrogen and oxygen atoms in total. The molecule has 2 aliphatic heterocycles. The summed E-state index contributed by atoms with van der Waals surface area (Å²) in [5.41, 5.74) is 0.673. The van der Waals surface area contributed by atoms with Gasteiger partial charge in [0.1, 0.15) is 23.8 Å². The summed E-state index contributed by atoms with van der Waals surface area (Å²) < 4.78 is 30.7. The van der Waals surface area contributed by atoms with E-state index in [2.05, 4.69) is 0 Å². The van der Waals surface area contributed by atoms with E-state index < -0.39 is 5.79 Å². The molecule has 2 heterocycles. The van der Waals surface area contributed by atoms with Crippen LogP contribution in [-0.2, 0) is 15.9 Å². The van der Waals surface area contributed by atoms with Gasteiger partial charge in [-0.15, -0.1) is 0 Å². The van der Waals surface area contributed by atoms with Crippen LogP contribution < -0.4 is 4.74 Å². The first-order valence-electron chi connectivity index (χ1n) is 6.31. The van der Waals surface area contributed by atoms with Crippen LogP contribution in [0.5, 0.6) is 5.75 Å². The molecule has 3 rings (SSSR count). The molecular weight excluding hydrogens is 235 g/mol. The lowest BCUT2D eigenvalue weighted by atomic mass is 9.99. The molecule has 18 heavy (non-hydrogen) atoms. The lowest BCUT2D eigenvalue weighted by Gasteiger charge is -2.30. The third kappa shape index (κ3) is 2.10. The van der Waals surface area contributed by atoms with Crippen molar-refractivity contribution in [3.8, 4) is 5.75 Å². The minimum Gasteiger partial charge on any atom is -0.487 e. The summed E-state index contributed by atoms with van der Waals surface area (Å²) in [4.78, 5) is 0. The highest BCUT2D eigenvalue weighted by atomic mass is 19.1. The second-order valence-corrected chi connectivity index (χ2v) is 5.28. The van der Waals surface area contributed by atoms with Crippen LogP contribution in [0.2, 0.25) is 0 Å². The molecule has 4 heteroatoms. The minimum absolute atomic E-state index is 0.0546. The van der Waals surface area contributed by atoms with Crippen molar-refractivity contribution in [3.05, 3.63) is 29.6 Å². The first-order chi connectivity index (χ1) is 8.55. The van der Waals surface area contributed by atoms with E-state index in [1.165, 1.54) is 6.07 Å². The topological polar surface area (TPSA) is 27.7 Å². The lowest BCUT2D eigenvalue weighted by Crippen LogP contribution is -2.37. The van der Waals surface area contributed by atoms with Gasteiger partial charge in [-0.25, -0.2) is 4.39 Å². The molecule has 0 bridgehead atoms. The predicted molar refractivity (Wildman–Crippen MR) is 64.0 cm³/mol. The molecular formula is C14H17FO3. The van der Waals surface area contributed by atoms with E-state index in [4.69, 9.17) is 14.2 Å². The molecule has 0 radical (unpaired) electrons. The second-order valence-electron chi connectivity index (χ2n) is 5.28. The first-order valence-corrected chi connectivity index (χ1v) is 6.31. The van der Waals surface area contributed by atoms with Crippen LogP contribution in [0.15, 0.2) is 18.2 Å². The van der Waals surface area contributed by atoms with Crippen LogP contribution in [0.4, 0.5) is 4.39 Å². The van der Waals surface area contributed by atoms with Crippen molar-refractivity contribution in [3.63, 3.8) is 0 Å². The number of hydrogen-bond donors (Lipinski definition) is 0. The van der Waals surface area contributed by atoms with E-state index in [0.717, 1.165) is 6.42 Å². The Labute approximate surface area is 106 Å². The normalized spacial score (nSPS) is 29.7. The van der Waals surface area contributed by atoms with Gasteiger partial charge >= 0.3 is 0 Å². The molecule has 0 aliphatic carbocycles. The largest absolute Gasteiger partial charge is 0.487 e. The van der Waals surface area contributed by atoms with Crippen molar-refractivity contribution in [1.29, 1.82) is 0 Å². The van der Waals surface area contributed by atoms with Gasteiger partial charge in [-0.2, -0.15) is 0 Å². The summed E-state index contributed by atoms with van der Waals surface area (Å²) in [6.07, 6.45) is 1.32. The summed E-state index contributed by atoms with van der Waals surface area (Å²) in [5.74, 6) is -0.0922. The van der Waals surface area contributed by atoms with Gasteiger partial charge in [-0.05, 0) is 38.8 Å². The zero-order valence-electron chi connectivity index (χ0n) is 10.6. The SMILES string of the molecule is CC1(C)OC[C@@H]([C@H]2CCc3c(F)cccc3O2)O1. The van der Waals surface area contributed by atoms with Crippen molar-refractivity contribution in [2.24, 2.45) is 0 Å². The monoisotopic (exact) mass is 252 g/mol. The van der Waals surface area contributed by atoms with Crippen LogP contribution in [0.25, 0.3) is 0 Å². The fraction of sp³-hybridized carbons (Fsp3) is 0.571. The third-order valence-electron chi connectivity index (χ3n) is 3.48. The Morgan fingerprint density at radius 3 is 2.83 bits per heavy atom. The van der Waals surface area contributed by atoms with Gasteiger partial charge in [0, 0.05) is 5.56 Å². The molecule has 0 amide bonds. The minimum atomic E-state index is -0.545. The van der Waals surface area contributed by atoms with E-state index in [1.54, 1.807) is 6.07 Å². The van der Waals surface area contributed by atoms with E-state index in [1.807, 2.05) is 19.9 Å². The Morgan fingerprint density at radius 2 is 2.11 bits per heavy atom. The lowest BCUT2D eigenvalue weighted by molar-refractivity contribution is -0.149. The molecule has 1 aromatic carbocycles. The molecule has 0 N–H and O–H groups in total. The van der Waals surface area contributed by atoms with E-state index in [0.29, 0.717) is 24.3 Å². The van der Waals surface area contributed by atoms with Gasteiger partial charge in [0.05, 0.1) is 6.61 Å². The predicted octanol–water partition coefficient (Wildman–Crippen LogP) is 2.67. The number of halogens is 1. The molecule has 0 spiro atoms. The maximum absolute atomic E-state index is 13.6.